The van der Waals surface area contributed by atoms with Crippen LogP contribution in [0.25, 0.3) is 0 Å². The minimum absolute atomic E-state index is 0.00459. The van der Waals surface area contributed by atoms with Gasteiger partial charge in [0.2, 0.25) is 5.91 Å². The molecule has 0 atom stereocenters. The van der Waals surface area contributed by atoms with E-state index < -0.39 is 0 Å². The van der Waals surface area contributed by atoms with E-state index in [1.54, 1.807) is 49.1 Å². The van der Waals surface area contributed by atoms with Crippen LogP contribution >= 0.6 is 11.3 Å². The Kier molecular flexibility index (Phi) is 5.94. The van der Waals surface area contributed by atoms with Crippen molar-refractivity contribution in [3.05, 3.63) is 47.7 Å². The first-order valence-electron chi connectivity index (χ1n) is 7.89. The Morgan fingerprint density at radius 1 is 1.22 bits per heavy atom. The molecule has 0 aliphatic carbocycles. The molecule has 27 heavy (non-hydrogen) atoms. The van der Waals surface area contributed by atoms with E-state index in [9.17, 15) is 9.59 Å². The van der Waals surface area contributed by atoms with Crippen molar-refractivity contribution in [1.82, 2.24) is 25.3 Å². The molecule has 0 aliphatic heterocycles. The maximum absolute atomic E-state index is 11.9. The zero-order valence-corrected chi connectivity index (χ0v) is 15.2. The lowest BCUT2D eigenvalue weighted by Gasteiger charge is -2.07. The molecule has 0 bridgehead atoms. The third kappa shape index (κ3) is 5.51. The highest BCUT2D eigenvalue weighted by atomic mass is 32.1. The normalized spacial score (nSPS) is 10.3. The second kappa shape index (κ2) is 8.76. The zero-order chi connectivity index (χ0) is 19.1. The number of thiazole rings is 1. The third-order valence-corrected chi connectivity index (χ3v) is 4.04. The molecule has 0 saturated heterocycles. The number of benzene rings is 1. The number of urea groups is 1. The Morgan fingerprint density at radius 2 is 2.04 bits per heavy atom. The second-order valence-corrected chi connectivity index (χ2v) is 6.22. The average molecular weight is 387 g/mol. The number of ether oxygens (including phenoxy) is 1. The van der Waals surface area contributed by atoms with Crippen LogP contribution in [0.15, 0.2) is 42.0 Å². The number of carbonyl (C=O) groups excluding carboxylic acids is 2. The van der Waals surface area contributed by atoms with E-state index >= 15 is 0 Å². The van der Waals surface area contributed by atoms with Crippen molar-refractivity contribution in [3.8, 4) is 5.75 Å². The minimum atomic E-state index is -0.378. The van der Waals surface area contributed by atoms with Crippen LogP contribution in [0.1, 0.15) is 5.69 Å². The van der Waals surface area contributed by atoms with Gasteiger partial charge in [-0.05, 0) is 24.3 Å². The Hall–Kier alpha value is -3.47. The van der Waals surface area contributed by atoms with Crippen molar-refractivity contribution < 1.29 is 14.3 Å². The van der Waals surface area contributed by atoms with Crippen molar-refractivity contribution in [3.63, 3.8) is 0 Å². The van der Waals surface area contributed by atoms with Crippen molar-refractivity contribution in [2.75, 3.05) is 17.7 Å². The Bertz CT molecular complexity index is 893. The Labute approximate surface area is 158 Å². The first-order valence-corrected chi connectivity index (χ1v) is 8.77. The molecule has 0 radical (unpaired) electrons. The summed E-state index contributed by atoms with van der Waals surface area (Å²) in [4.78, 5) is 27.8. The number of carbonyl (C=O) groups is 2. The van der Waals surface area contributed by atoms with E-state index in [4.69, 9.17) is 4.74 Å². The van der Waals surface area contributed by atoms with Gasteiger partial charge in [-0.1, -0.05) is 5.21 Å². The average Bonchev–Trinajstić information content (AvgIpc) is 3.32. The van der Waals surface area contributed by atoms with Gasteiger partial charge in [-0.25, -0.2) is 14.5 Å². The predicted octanol–water partition coefficient (Wildman–Crippen LogP) is 1.70. The number of methoxy groups -OCH3 is 1. The summed E-state index contributed by atoms with van der Waals surface area (Å²) in [5, 5.41) is 18.1. The lowest BCUT2D eigenvalue weighted by molar-refractivity contribution is -0.116. The summed E-state index contributed by atoms with van der Waals surface area (Å²) in [7, 11) is 1.57. The van der Waals surface area contributed by atoms with Gasteiger partial charge in [-0.3, -0.25) is 4.79 Å². The Balaban J connectivity index is 1.44. The van der Waals surface area contributed by atoms with Gasteiger partial charge in [-0.15, -0.1) is 16.4 Å². The van der Waals surface area contributed by atoms with Crippen LogP contribution < -0.4 is 20.7 Å². The standard InChI is InChI=1S/C16H17N7O3S/c1-26-13-4-2-11(3-5-13)19-15(25)18-8-12-9-23(22-21-12)10-14(24)20-16-17-6-7-27-16/h2-7,9H,8,10H2,1H3,(H,17,20,24)(H2,18,19,25). The van der Waals surface area contributed by atoms with Crippen LogP contribution in [0.4, 0.5) is 15.6 Å². The van der Waals surface area contributed by atoms with E-state index in [2.05, 4.69) is 31.2 Å². The summed E-state index contributed by atoms with van der Waals surface area (Å²) < 4.78 is 6.45. The van der Waals surface area contributed by atoms with E-state index in [1.165, 1.54) is 16.0 Å². The van der Waals surface area contributed by atoms with Crippen LogP contribution in [-0.4, -0.2) is 39.0 Å². The van der Waals surface area contributed by atoms with Crippen molar-refractivity contribution in [2.24, 2.45) is 0 Å². The molecular weight excluding hydrogens is 370 g/mol. The van der Waals surface area contributed by atoms with Gasteiger partial charge in [0, 0.05) is 17.3 Å². The largest absolute Gasteiger partial charge is 0.497 e. The number of aromatic nitrogens is 4. The molecule has 2 aromatic heterocycles. The highest BCUT2D eigenvalue weighted by molar-refractivity contribution is 7.13. The highest BCUT2D eigenvalue weighted by Gasteiger charge is 2.09. The topological polar surface area (TPSA) is 123 Å². The first-order chi connectivity index (χ1) is 13.1. The van der Waals surface area contributed by atoms with Crippen LogP contribution in [0, 0.1) is 0 Å². The van der Waals surface area contributed by atoms with Gasteiger partial charge in [0.05, 0.1) is 19.9 Å². The van der Waals surface area contributed by atoms with Crippen molar-refractivity contribution in [1.29, 1.82) is 0 Å². The fraction of sp³-hybridized carbons (Fsp3) is 0.188. The van der Waals surface area contributed by atoms with Gasteiger partial charge >= 0.3 is 6.03 Å². The molecule has 2 heterocycles. The molecule has 0 unspecified atom stereocenters. The number of rotatable bonds is 7. The summed E-state index contributed by atoms with van der Waals surface area (Å²) in [6.07, 6.45) is 3.20. The van der Waals surface area contributed by atoms with Gasteiger partial charge in [0.1, 0.15) is 18.0 Å². The zero-order valence-electron chi connectivity index (χ0n) is 14.4. The monoisotopic (exact) mass is 387 g/mol. The molecule has 3 amide bonds. The van der Waals surface area contributed by atoms with E-state index in [0.717, 1.165) is 0 Å². The molecule has 11 heteroatoms. The molecule has 0 aliphatic rings. The lowest BCUT2D eigenvalue weighted by Crippen LogP contribution is -2.28. The Morgan fingerprint density at radius 3 is 2.74 bits per heavy atom. The first kappa shape index (κ1) is 18.3. The van der Waals surface area contributed by atoms with E-state index in [1.807, 2.05) is 0 Å². The van der Waals surface area contributed by atoms with Gasteiger partial charge < -0.3 is 20.7 Å². The molecule has 140 valence electrons. The van der Waals surface area contributed by atoms with Gasteiger partial charge in [-0.2, -0.15) is 0 Å². The smallest absolute Gasteiger partial charge is 0.319 e. The summed E-state index contributed by atoms with van der Waals surface area (Å²) in [5.41, 5.74) is 1.16. The number of amides is 3. The molecule has 1 aromatic carbocycles. The highest BCUT2D eigenvalue weighted by Crippen LogP contribution is 2.14. The van der Waals surface area contributed by atoms with Crippen molar-refractivity contribution in [2.45, 2.75) is 13.1 Å². The molecule has 0 spiro atoms. The molecule has 0 fully saturated rings. The van der Waals surface area contributed by atoms with Crippen LogP contribution in [0.3, 0.4) is 0 Å². The van der Waals surface area contributed by atoms with E-state index in [0.29, 0.717) is 22.3 Å². The summed E-state index contributed by atoms with van der Waals surface area (Å²) in [6.45, 7) is 0.181. The number of anilines is 2. The quantitative estimate of drug-likeness (QED) is 0.567. The van der Waals surface area contributed by atoms with E-state index in [-0.39, 0.29) is 25.0 Å². The lowest BCUT2D eigenvalue weighted by atomic mass is 10.3. The minimum Gasteiger partial charge on any atom is -0.497 e. The van der Waals surface area contributed by atoms with Gasteiger partial charge in [0.15, 0.2) is 5.13 Å². The second-order valence-electron chi connectivity index (χ2n) is 5.33. The summed E-state index contributed by atoms with van der Waals surface area (Å²) in [6, 6.07) is 6.58. The van der Waals surface area contributed by atoms with Crippen LogP contribution in [-0.2, 0) is 17.9 Å². The molecule has 3 aromatic rings. The summed E-state index contributed by atoms with van der Waals surface area (Å²) in [5.74, 6) is 0.447. The van der Waals surface area contributed by atoms with Crippen molar-refractivity contribution >= 4 is 34.1 Å². The molecule has 0 saturated carbocycles. The molecule has 10 nitrogen and oxygen atoms in total. The number of nitrogens with one attached hydrogen (secondary N) is 3. The number of hydrogen-bond donors (Lipinski definition) is 3. The maximum atomic E-state index is 11.9. The van der Waals surface area contributed by atoms with Crippen LogP contribution in [0.5, 0.6) is 5.75 Å². The summed E-state index contributed by atoms with van der Waals surface area (Å²) >= 11 is 1.33. The van der Waals surface area contributed by atoms with Gasteiger partial charge in [0.25, 0.3) is 0 Å². The number of hydrogen-bond acceptors (Lipinski definition) is 7. The SMILES string of the molecule is COc1ccc(NC(=O)NCc2cn(CC(=O)Nc3nccs3)nn2)cc1. The molecule has 3 N–H and O–H groups in total. The third-order valence-electron chi connectivity index (χ3n) is 3.35. The van der Waals surface area contributed by atoms with Crippen LogP contribution in [0.2, 0.25) is 0 Å². The number of nitrogens with zero attached hydrogens (tertiary/aromatic N) is 4. The predicted molar refractivity (Wildman–Crippen MR) is 99.6 cm³/mol. The maximum Gasteiger partial charge on any atom is 0.319 e. The fourth-order valence-corrected chi connectivity index (χ4v) is 2.65. The molecular formula is C16H17N7O3S. The fourth-order valence-electron chi connectivity index (χ4n) is 2.11. The molecule has 3 rings (SSSR count).